The maximum atomic E-state index is 12.0. The summed E-state index contributed by atoms with van der Waals surface area (Å²) >= 11 is 1.28. The first-order valence-electron chi connectivity index (χ1n) is 8.36. The number of nitrogens with one attached hydrogen (secondary N) is 1. The van der Waals surface area contributed by atoms with Crippen molar-refractivity contribution in [2.24, 2.45) is 0 Å². The molecular weight excluding hydrogens is 338 g/mol. The highest BCUT2D eigenvalue weighted by atomic mass is 32.2. The van der Waals surface area contributed by atoms with Crippen LogP contribution in [0.3, 0.4) is 0 Å². The Balaban J connectivity index is 1.52. The molecule has 0 atom stereocenters. The van der Waals surface area contributed by atoms with Crippen LogP contribution in [0.4, 0.5) is 0 Å². The minimum absolute atomic E-state index is 0.0806. The van der Waals surface area contributed by atoms with E-state index >= 15 is 0 Å². The molecule has 1 N–H and O–H groups in total. The first-order chi connectivity index (χ1) is 12.2. The van der Waals surface area contributed by atoms with Crippen molar-refractivity contribution < 1.29 is 9.21 Å². The van der Waals surface area contributed by atoms with Gasteiger partial charge < -0.3 is 14.3 Å². The quantitative estimate of drug-likeness (QED) is 0.622. The summed E-state index contributed by atoms with van der Waals surface area (Å²) in [6, 6.07) is 7.92. The third kappa shape index (κ3) is 4.39. The van der Waals surface area contributed by atoms with Crippen molar-refractivity contribution in [3.05, 3.63) is 36.0 Å². The minimum Gasteiger partial charge on any atom is -0.416 e. The number of hydrogen-bond donors (Lipinski definition) is 1. The summed E-state index contributed by atoms with van der Waals surface area (Å²) in [4.78, 5) is 21.6. The highest BCUT2D eigenvalue weighted by Crippen LogP contribution is 2.18. The van der Waals surface area contributed by atoms with E-state index in [1.165, 1.54) is 11.8 Å². The molecule has 8 heteroatoms. The van der Waals surface area contributed by atoms with Crippen LogP contribution >= 0.6 is 11.8 Å². The molecule has 0 bridgehead atoms. The van der Waals surface area contributed by atoms with Crippen LogP contribution in [0.25, 0.3) is 11.0 Å². The number of aromatic nitrogens is 4. The topological polar surface area (TPSA) is 87.9 Å². The van der Waals surface area contributed by atoms with Crippen LogP contribution in [0, 0.1) is 0 Å². The van der Waals surface area contributed by atoms with Gasteiger partial charge >= 0.3 is 0 Å². The summed E-state index contributed by atoms with van der Waals surface area (Å²) in [7, 11) is 0. The third-order valence-electron chi connectivity index (χ3n) is 3.90. The number of benzene rings is 1. The van der Waals surface area contributed by atoms with Crippen LogP contribution in [0.2, 0.25) is 0 Å². The molecule has 7 nitrogen and oxygen atoms in total. The van der Waals surface area contributed by atoms with Gasteiger partial charge in [-0.3, -0.25) is 4.79 Å². The summed E-state index contributed by atoms with van der Waals surface area (Å²) in [6.07, 6.45) is 1.30. The van der Waals surface area contributed by atoms with Gasteiger partial charge in [0.15, 0.2) is 0 Å². The molecule has 0 saturated carbocycles. The Labute approximate surface area is 150 Å². The van der Waals surface area contributed by atoms with Crippen LogP contribution < -0.4 is 0 Å². The van der Waals surface area contributed by atoms with Gasteiger partial charge in [0.1, 0.15) is 5.82 Å². The predicted molar refractivity (Wildman–Crippen MR) is 96.5 cm³/mol. The van der Waals surface area contributed by atoms with Crippen LogP contribution in [0.1, 0.15) is 25.6 Å². The fourth-order valence-electron chi connectivity index (χ4n) is 2.54. The molecule has 0 spiro atoms. The SMILES string of the molecule is CCN(CC)C(=O)CSc1nnc(CCc2nc3ccccc3[nH]2)o1. The Morgan fingerprint density at radius 1 is 1.20 bits per heavy atom. The molecule has 3 rings (SSSR count). The number of rotatable bonds is 8. The van der Waals surface area contributed by atoms with E-state index < -0.39 is 0 Å². The first-order valence-corrected chi connectivity index (χ1v) is 9.34. The lowest BCUT2D eigenvalue weighted by Crippen LogP contribution is -2.31. The number of imidazole rings is 1. The standard InChI is InChI=1S/C17H21N5O2S/c1-3-22(4-2)16(23)11-25-17-21-20-15(24-17)10-9-14-18-12-7-5-6-8-13(12)19-14/h5-8H,3-4,9-11H2,1-2H3,(H,18,19). The number of H-pyrrole nitrogens is 1. The van der Waals surface area contributed by atoms with E-state index in [1.807, 2.05) is 38.1 Å². The zero-order chi connectivity index (χ0) is 17.6. The van der Waals surface area contributed by atoms with Crippen molar-refractivity contribution in [1.29, 1.82) is 0 Å². The number of hydrogen-bond acceptors (Lipinski definition) is 6. The largest absolute Gasteiger partial charge is 0.416 e. The van der Waals surface area contributed by atoms with E-state index in [-0.39, 0.29) is 5.91 Å². The number of amides is 1. The van der Waals surface area contributed by atoms with Crippen LogP contribution in [-0.4, -0.2) is 49.8 Å². The lowest BCUT2D eigenvalue weighted by Gasteiger charge is -2.17. The average Bonchev–Trinajstić information content (AvgIpc) is 3.25. The second kappa shape index (κ2) is 8.15. The Hall–Kier alpha value is -2.35. The van der Waals surface area contributed by atoms with E-state index in [4.69, 9.17) is 4.42 Å². The Kier molecular flexibility index (Phi) is 5.70. The fourth-order valence-corrected chi connectivity index (χ4v) is 3.22. The van der Waals surface area contributed by atoms with E-state index in [9.17, 15) is 4.79 Å². The highest BCUT2D eigenvalue weighted by molar-refractivity contribution is 7.99. The molecule has 0 fully saturated rings. The Morgan fingerprint density at radius 3 is 2.76 bits per heavy atom. The van der Waals surface area contributed by atoms with Crippen molar-refractivity contribution in [3.8, 4) is 0 Å². The molecule has 0 radical (unpaired) electrons. The van der Waals surface area contributed by atoms with Gasteiger partial charge in [0, 0.05) is 25.9 Å². The smallest absolute Gasteiger partial charge is 0.277 e. The number of carbonyl (C=O) groups excluding carboxylic acids is 1. The number of fused-ring (bicyclic) bond motifs is 1. The molecule has 0 aliphatic rings. The summed E-state index contributed by atoms with van der Waals surface area (Å²) in [6.45, 7) is 5.36. The van der Waals surface area contributed by atoms with Gasteiger partial charge in [0.2, 0.25) is 11.8 Å². The van der Waals surface area contributed by atoms with Crippen molar-refractivity contribution in [2.75, 3.05) is 18.8 Å². The zero-order valence-corrected chi connectivity index (χ0v) is 15.2. The molecule has 0 saturated heterocycles. The average molecular weight is 359 g/mol. The molecule has 0 unspecified atom stereocenters. The molecule has 1 amide bonds. The Bertz CT molecular complexity index is 807. The molecule has 0 aliphatic heterocycles. The highest BCUT2D eigenvalue weighted by Gasteiger charge is 2.13. The number of aryl methyl sites for hydroxylation is 2. The number of nitrogens with zero attached hydrogens (tertiary/aromatic N) is 4. The van der Waals surface area contributed by atoms with Crippen molar-refractivity contribution >= 4 is 28.7 Å². The van der Waals surface area contributed by atoms with Gasteiger partial charge in [-0.2, -0.15) is 0 Å². The van der Waals surface area contributed by atoms with Gasteiger partial charge in [-0.25, -0.2) is 4.98 Å². The van der Waals surface area contributed by atoms with E-state index in [0.29, 0.717) is 42.8 Å². The van der Waals surface area contributed by atoms with Gasteiger partial charge in [0.25, 0.3) is 5.22 Å². The Morgan fingerprint density at radius 2 is 2.00 bits per heavy atom. The van der Waals surface area contributed by atoms with Crippen molar-refractivity contribution in [1.82, 2.24) is 25.1 Å². The van der Waals surface area contributed by atoms with Crippen molar-refractivity contribution in [3.63, 3.8) is 0 Å². The summed E-state index contributed by atoms with van der Waals surface area (Å²) in [5.74, 6) is 1.84. The number of carbonyl (C=O) groups is 1. The molecule has 0 aliphatic carbocycles. The van der Waals surface area contributed by atoms with Gasteiger partial charge in [-0.15, -0.1) is 10.2 Å². The second-order valence-corrected chi connectivity index (χ2v) is 6.44. The summed E-state index contributed by atoms with van der Waals surface area (Å²) < 4.78 is 5.61. The third-order valence-corrected chi connectivity index (χ3v) is 4.70. The van der Waals surface area contributed by atoms with Gasteiger partial charge in [-0.1, -0.05) is 23.9 Å². The van der Waals surface area contributed by atoms with Crippen LogP contribution in [-0.2, 0) is 17.6 Å². The molecular formula is C17H21N5O2S. The molecule has 1 aromatic carbocycles. The maximum Gasteiger partial charge on any atom is 0.277 e. The van der Waals surface area contributed by atoms with Crippen LogP contribution in [0.5, 0.6) is 0 Å². The lowest BCUT2D eigenvalue weighted by molar-refractivity contribution is -0.127. The monoisotopic (exact) mass is 359 g/mol. The number of aromatic amines is 1. The van der Waals surface area contributed by atoms with Crippen LogP contribution in [0.15, 0.2) is 33.9 Å². The predicted octanol–water partition coefficient (Wildman–Crippen LogP) is 2.69. The summed E-state index contributed by atoms with van der Waals surface area (Å²) in [5, 5.41) is 8.47. The first kappa shape index (κ1) is 17.5. The zero-order valence-electron chi connectivity index (χ0n) is 14.4. The number of thioether (sulfide) groups is 1. The van der Waals surface area contributed by atoms with Gasteiger partial charge in [0.05, 0.1) is 16.8 Å². The molecule has 2 heterocycles. The van der Waals surface area contributed by atoms with E-state index in [1.54, 1.807) is 4.90 Å². The van der Waals surface area contributed by atoms with Gasteiger partial charge in [-0.05, 0) is 26.0 Å². The maximum absolute atomic E-state index is 12.0. The normalized spacial score (nSPS) is 11.1. The number of para-hydroxylation sites is 2. The van der Waals surface area contributed by atoms with E-state index in [2.05, 4.69) is 20.2 Å². The minimum atomic E-state index is 0.0806. The molecule has 25 heavy (non-hydrogen) atoms. The summed E-state index contributed by atoms with van der Waals surface area (Å²) in [5.41, 5.74) is 1.98. The molecule has 132 valence electrons. The van der Waals surface area contributed by atoms with Crippen molar-refractivity contribution in [2.45, 2.75) is 31.9 Å². The molecule has 2 aromatic heterocycles. The second-order valence-electron chi connectivity index (χ2n) is 5.52. The van der Waals surface area contributed by atoms with E-state index in [0.717, 1.165) is 16.9 Å². The fraction of sp³-hybridized carbons (Fsp3) is 0.412. The lowest BCUT2D eigenvalue weighted by atomic mass is 10.3. The molecule has 3 aromatic rings.